The lowest BCUT2D eigenvalue weighted by molar-refractivity contribution is 0.233. The van der Waals surface area contributed by atoms with Crippen LogP contribution >= 0.6 is 0 Å². The van der Waals surface area contributed by atoms with Gasteiger partial charge in [0.2, 0.25) is 5.96 Å². The maximum absolute atomic E-state index is 5.66. The number of rotatable bonds is 1. The van der Waals surface area contributed by atoms with Gasteiger partial charge in [-0.15, -0.1) is 5.10 Å². The van der Waals surface area contributed by atoms with Gasteiger partial charge in [-0.2, -0.15) is 0 Å². The third-order valence-corrected chi connectivity index (χ3v) is 2.52. The fourth-order valence-corrected chi connectivity index (χ4v) is 1.80. The normalized spacial score (nSPS) is 25.9. The fourth-order valence-electron chi connectivity index (χ4n) is 1.80. The van der Waals surface area contributed by atoms with E-state index in [1.807, 2.05) is 0 Å². The molecule has 0 amide bonds. The van der Waals surface area contributed by atoms with Crippen LogP contribution < -0.4 is 11.6 Å². The van der Waals surface area contributed by atoms with E-state index in [1.54, 1.807) is 0 Å². The van der Waals surface area contributed by atoms with Crippen molar-refractivity contribution >= 4 is 5.96 Å². The monoisotopic (exact) mass is 170 g/mol. The number of hydrogen-bond acceptors (Lipinski definition) is 2. The van der Waals surface area contributed by atoms with Crippen molar-refractivity contribution in [1.82, 2.24) is 4.90 Å². The Balaban J connectivity index is 2.58. The third kappa shape index (κ3) is 1.81. The molecule has 0 aromatic carbocycles. The first kappa shape index (κ1) is 9.16. The number of nitrogens with two attached hydrogens (primary N) is 2. The van der Waals surface area contributed by atoms with E-state index in [-0.39, 0.29) is 0 Å². The summed E-state index contributed by atoms with van der Waals surface area (Å²) in [6, 6.07) is 0.547. The van der Waals surface area contributed by atoms with Crippen LogP contribution in [0.4, 0.5) is 0 Å². The molecule has 1 rings (SSSR count). The van der Waals surface area contributed by atoms with E-state index in [0.717, 1.165) is 13.0 Å². The Morgan fingerprint density at radius 1 is 1.58 bits per heavy atom. The lowest BCUT2D eigenvalue weighted by atomic mass is 10.0. The minimum Gasteiger partial charge on any atom is -0.368 e. The first-order chi connectivity index (χ1) is 5.79. The molecule has 4 heteroatoms. The predicted molar refractivity (Wildman–Crippen MR) is 50.4 cm³/mol. The number of likely N-dealkylation sites (tertiary alicyclic amines) is 1. The second kappa shape index (κ2) is 4.18. The van der Waals surface area contributed by atoms with Crippen molar-refractivity contribution < 1.29 is 0 Å². The Kier molecular flexibility index (Phi) is 3.19. The average Bonchev–Trinajstić information content (AvgIpc) is 2.16. The molecule has 0 aliphatic carbocycles. The second-order valence-corrected chi connectivity index (χ2v) is 3.24. The lowest BCUT2D eigenvalue weighted by Crippen LogP contribution is -2.47. The maximum atomic E-state index is 5.66. The molecule has 0 bridgehead atoms. The highest BCUT2D eigenvalue weighted by atomic mass is 15.3. The number of hydrazone groups is 1. The molecule has 12 heavy (non-hydrogen) atoms. The van der Waals surface area contributed by atoms with E-state index >= 15 is 0 Å². The molecule has 1 aliphatic rings. The number of nitrogens with zero attached hydrogens (tertiary/aromatic N) is 2. The molecule has 70 valence electrons. The van der Waals surface area contributed by atoms with Crippen molar-refractivity contribution in [2.24, 2.45) is 16.7 Å². The van der Waals surface area contributed by atoms with Gasteiger partial charge in [-0.25, -0.2) is 0 Å². The second-order valence-electron chi connectivity index (χ2n) is 3.24. The van der Waals surface area contributed by atoms with Crippen LogP contribution in [0.1, 0.15) is 32.6 Å². The van der Waals surface area contributed by atoms with Gasteiger partial charge >= 0.3 is 0 Å². The summed E-state index contributed by atoms with van der Waals surface area (Å²) in [6.45, 7) is 3.18. The molecule has 4 nitrogen and oxygen atoms in total. The highest BCUT2D eigenvalue weighted by Gasteiger charge is 2.21. The Morgan fingerprint density at radius 3 is 2.92 bits per heavy atom. The van der Waals surface area contributed by atoms with Crippen molar-refractivity contribution in [2.75, 3.05) is 6.54 Å². The Bertz CT molecular complexity index is 166. The van der Waals surface area contributed by atoms with Gasteiger partial charge in [0.1, 0.15) is 0 Å². The van der Waals surface area contributed by atoms with Gasteiger partial charge in [0.25, 0.3) is 0 Å². The van der Waals surface area contributed by atoms with Gasteiger partial charge in [-0.3, -0.25) is 0 Å². The summed E-state index contributed by atoms with van der Waals surface area (Å²) in [5.74, 6) is 5.63. The van der Waals surface area contributed by atoms with Crippen LogP contribution in [0, 0.1) is 0 Å². The zero-order valence-corrected chi connectivity index (χ0v) is 7.66. The molecule has 1 fully saturated rings. The van der Waals surface area contributed by atoms with Crippen molar-refractivity contribution in [3.8, 4) is 0 Å². The zero-order valence-electron chi connectivity index (χ0n) is 7.66. The first-order valence-electron chi connectivity index (χ1n) is 4.59. The lowest BCUT2D eigenvalue weighted by Gasteiger charge is -2.35. The molecule has 1 atom stereocenters. The fraction of sp³-hybridized carbons (Fsp3) is 0.875. The van der Waals surface area contributed by atoms with Crippen molar-refractivity contribution in [2.45, 2.75) is 38.6 Å². The molecule has 0 spiro atoms. The maximum Gasteiger partial charge on any atom is 0.213 e. The molecule has 0 aromatic heterocycles. The number of piperidine rings is 1. The topological polar surface area (TPSA) is 67.6 Å². The van der Waals surface area contributed by atoms with Crippen molar-refractivity contribution in [3.05, 3.63) is 0 Å². The Hall–Kier alpha value is -0.930. The molecule has 0 radical (unpaired) electrons. The van der Waals surface area contributed by atoms with Crippen molar-refractivity contribution in [1.29, 1.82) is 0 Å². The van der Waals surface area contributed by atoms with Crippen LogP contribution in [-0.2, 0) is 0 Å². The molecular weight excluding hydrogens is 152 g/mol. The summed E-state index contributed by atoms with van der Waals surface area (Å²) in [5.41, 5.74) is 5.66. The largest absolute Gasteiger partial charge is 0.368 e. The van der Waals surface area contributed by atoms with Crippen LogP contribution in [0.3, 0.4) is 0 Å². The Morgan fingerprint density at radius 2 is 2.33 bits per heavy atom. The van der Waals surface area contributed by atoms with E-state index in [0.29, 0.717) is 12.0 Å². The average molecular weight is 170 g/mol. The van der Waals surface area contributed by atoms with Gasteiger partial charge in [-0.05, 0) is 25.7 Å². The van der Waals surface area contributed by atoms with Crippen LogP contribution in [-0.4, -0.2) is 23.4 Å². The van der Waals surface area contributed by atoms with Crippen LogP contribution in [0.15, 0.2) is 5.10 Å². The molecule has 4 N–H and O–H groups in total. The highest BCUT2D eigenvalue weighted by molar-refractivity contribution is 5.78. The Labute approximate surface area is 73.6 Å². The van der Waals surface area contributed by atoms with Crippen molar-refractivity contribution in [3.63, 3.8) is 0 Å². The summed E-state index contributed by atoms with van der Waals surface area (Å²) in [6.07, 6.45) is 4.84. The standard InChI is InChI=1S/C8H18N4/c1-2-7-5-3-4-6-12(7)8(9)11-10/h7H,2-6,10H2,1H3,(H2,9,11). The van der Waals surface area contributed by atoms with E-state index in [4.69, 9.17) is 11.6 Å². The number of guanidine groups is 1. The predicted octanol–water partition coefficient (Wildman–Crippen LogP) is 0.439. The van der Waals surface area contributed by atoms with E-state index < -0.39 is 0 Å². The minimum absolute atomic E-state index is 0.488. The van der Waals surface area contributed by atoms with E-state index in [1.165, 1.54) is 19.3 Å². The van der Waals surface area contributed by atoms with Gasteiger partial charge in [0, 0.05) is 12.6 Å². The van der Waals surface area contributed by atoms with Crippen LogP contribution in [0.5, 0.6) is 0 Å². The van der Waals surface area contributed by atoms with Gasteiger partial charge < -0.3 is 16.5 Å². The van der Waals surface area contributed by atoms with E-state index in [2.05, 4.69) is 16.9 Å². The van der Waals surface area contributed by atoms with Gasteiger partial charge in [0.05, 0.1) is 0 Å². The molecule has 1 unspecified atom stereocenters. The summed E-state index contributed by atoms with van der Waals surface area (Å²) < 4.78 is 0. The SMILES string of the molecule is CCC1CCCCN1C(N)=NN. The molecule has 0 saturated carbocycles. The zero-order chi connectivity index (χ0) is 8.97. The quantitative estimate of drug-likeness (QED) is 0.260. The van der Waals surface area contributed by atoms with E-state index in [9.17, 15) is 0 Å². The summed E-state index contributed by atoms with van der Waals surface area (Å²) in [4.78, 5) is 2.11. The molecule has 0 aromatic rings. The third-order valence-electron chi connectivity index (χ3n) is 2.52. The summed E-state index contributed by atoms with van der Waals surface area (Å²) in [5, 5.41) is 3.53. The number of hydrogen-bond donors (Lipinski definition) is 2. The summed E-state index contributed by atoms with van der Waals surface area (Å²) >= 11 is 0. The highest BCUT2D eigenvalue weighted by Crippen LogP contribution is 2.18. The first-order valence-corrected chi connectivity index (χ1v) is 4.59. The van der Waals surface area contributed by atoms with Gasteiger partial charge in [-0.1, -0.05) is 6.92 Å². The minimum atomic E-state index is 0.488. The molecule has 1 saturated heterocycles. The molecule has 1 aliphatic heterocycles. The molecule has 1 heterocycles. The van der Waals surface area contributed by atoms with Gasteiger partial charge in [0.15, 0.2) is 0 Å². The molecular formula is C8H18N4. The van der Waals surface area contributed by atoms with Crippen LogP contribution in [0.25, 0.3) is 0 Å². The summed E-state index contributed by atoms with van der Waals surface area (Å²) in [7, 11) is 0. The van der Waals surface area contributed by atoms with Crippen LogP contribution in [0.2, 0.25) is 0 Å². The smallest absolute Gasteiger partial charge is 0.213 e.